The second-order valence-corrected chi connectivity index (χ2v) is 4.93. The van der Waals surface area contributed by atoms with Gasteiger partial charge in [-0.3, -0.25) is 4.79 Å². The Balaban J connectivity index is 0.00000264. The highest BCUT2D eigenvalue weighted by Crippen LogP contribution is 2.24. The van der Waals surface area contributed by atoms with Crippen LogP contribution in [0.4, 0.5) is 5.69 Å². The van der Waals surface area contributed by atoms with Gasteiger partial charge < -0.3 is 14.1 Å². The maximum atomic E-state index is 11.7. The molecular weight excluding hydrogens is 294 g/mol. The van der Waals surface area contributed by atoms with Gasteiger partial charge in [0.2, 0.25) is 0 Å². The molecule has 0 aliphatic heterocycles. The molecule has 23 heavy (non-hydrogen) atoms. The maximum Gasteiger partial charge on any atom is 0.336 e. The van der Waals surface area contributed by atoms with Crippen molar-refractivity contribution in [1.29, 1.82) is 0 Å². The molecule has 0 amide bonds. The first-order chi connectivity index (χ1) is 10.6. The molecule has 0 bridgehead atoms. The van der Waals surface area contributed by atoms with E-state index in [2.05, 4.69) is 18.7 Å². The van der Waals surface area contributed by atoms with Crippen molar-refractivity contribution in [1.82, 2.24) is 0 Å². The monoisotopic (exact) mass is 319 g/mol. The first-order valence-electron chi connectivity index (χ1n) is 7.56. The van der Waals surface area contributed by atoms with Gasteiger partial charge in [0.1, 0.15) is 5.58 Å². The van der Waals surface area contributed by atoms with E-state index in [0.29, 0.717) is 17.8 Å². The van der Waals surface area contributed by atoms with Crippen LogP contribution in [0.1, 0.15) is 33.8 Å². The number of rotatable bonds is 6. The fraction of sp³-hybridized carbons (Fsp3) is 0.444. The summed E-state index contributed by atoms with van der Waals surface area (Å²) in [5.74, 6) is -0.345. The minimum atomic E-state index is -0.455. The van der Waals surface area contributed by atoms with Crippen LogP contribution in [0.5, 0.6) is 0 Å². The van der Waals surface area contributed by atoms with Crippen LogP contribution in [0.3, 0.4) is 0 Å². The molecule has 0 spiro atoms. The van der Waals surface area contributed by atoms with Crippen LogP contribution in [-0.4, -0.2) is 25.7 Å². The molecule has 0 aliphatic rings. The average Bonchev–Trinajstić information content (AvgIpc) is 2.48. The molecule has 2 aromatic rings. The van der Waals surface area contributed by atoms with Crippen LogP contribution in [-0.2, 0) is 16.0 Å². The molecule has 0 N–H and O–H groups in total. The number of fused-ring (bicyclic) bond motifs is 1. The largest absolute Gasteiger partial charge is 0.466 e. The van der Waals surface area contributed by atoms with E-state index < -0.39 is 5.63 Å². The van der Waals surface area contributed by atoms with Gasteiger partial charge in [-0.05, 0) is 38.5 Å². The summed E-state index contributed by atoms with van der Waals surface area (Å²) in [6.07, 6.45) is 0.0700. The number of anilines is 1. The Morgan fingerprint density at radius 2 is 1.87 bits per heavy atom. The Kier molecular flexibility index (Phi) is 6.82. The molecule has 1 aromatic carbocycles. The minimum absolute atomic E-state index is 0. The number of benzene rings is 1. The van der Waals surface area contributed by atoms with Crippen LogP contribution in [0, 0.1) is 0 Å². The number of hydrogen-bond acceptors (Lipinski definition) is 5. The van der Waals surface area contributed by atoms with Gasteiger partial charge in [0.05, 0.1) is 13.0 Å². The predicted molar refractivity (Wildman–Crippen MR) is 93.1 cm³/mol. The van der Waals surface area contributed by atoms with Gasteiger partial charge in [-0.25, -0.2) is 4.79 Å². The lowest BCUT2D eigenvalue weighted by atomic mass is 10.1. The third-order valence-corrected chi connectivity index (χ3v) is 3.58. The van der Waals surface area contributed by atoms with E-state index in [0.717, 1.165) is 24.2 Å². The molecule has 5 heteroatoms. The lowest BCUT2D eigenvalue weighted by Crippen LogP contribution is -2.21. The molecule has 1 aromatic heterocycles. The van der Waals surface area contributed by atoms with Crippen molar-refractivity contribution in [2.45, 2.75) is 34.6 Å². The second-order valence-electron chi connectivity index (χ2n) is 4.93. The van der Waals surface area contributed by atoms with E-state index >= 15 is 0 Å². The first kappa shape index (κ1) is 18.7. The summed E-state index contributed by atoms with van der Waals surface area (Å²) in [5, 5.41) is 0.767. The Morgan fingerprint density at radius 3 is 2.48 bits per heavy atom. The van der Waals surface area contributed by atoms with Gasteiger partial charge in [0.25, 0.3) is 0 Å². The average molecular weight is 319 g/mol. The fourth-order valence-corrected chi connectivity index (χ4v) is 2.52. The lowest BCUT2D eigenvalue weighted by molar-refractivity contribution is -0.142. The highest BCUT2D eigenvalue weighted by molar-refractivity contribution is 5.87. The van der Waals surface area contributed by atoms with Gasteiger partial charge >= 0.3 is 11.6 Å². The molecule has 1 heterocycles. The van der Waals surface area contributed by atoms with E-state index in [1.54, 1.807) is 6.92 Å². The quantitative estimate of drug-likeness (QED) is 0.603. The second kappa shape index (κ2) is 8.36. The molecule has 0 saturated carbocycles. The molecule has 126 valence electrons. The summed E-state index contributed by atoms with van der Waals surface area (Å²) in [6, 6.07) is 7.07. The molecule has 0 aliphatic carbocycles. The van der Waals surface area contributed by atoms with E-state index in [4.69, 9.17) is 9.15 Å². The first-order valence-corrected chi connectivity index (χ1v) is 7.56. The predicted octanol–water partition coefficient (Wildman–Crippen LogP) is 3.38. The van der Waals surface area contributed by atoms with Crippen LogP contribution in [0.25, 0.3) is 11.0 Å². The van der Waals surface area contributed by atoms with Crippen LogP contribution in [0.15, 0.2) is 33.5 Å². The van der Waals surface area contributed by atoms with Crippen molar-refractivity contribution in [2.24, 2.45) is 0 Å². The van der Waals surface area contributed by atoms with E-state index in [9.17, 15) is 9.59 Å². The Morgan fingerprint density at radius 1 is 1.17 bits per heavy atom. The van der Waals surface area contributed by atoms with Crippen molar-refractivity contribution in [2.75, 3.05) is 24.6 Å². The summed E-state index contributed by atoms with van der Waals surface area (Å²) >= 11 is 0. The zero-order chi connectivity index (χ0) is 16.1. The standard InChI is InChI=1S/C17H21NO4.CH4/c1-4-18(5-2)13-7-8-14-12(9-16(19)21-6-3)10-17(20)22-15(14)11-13;/h7-8,10-11H,4-6,9H2,1-3H3;1H4. The van der Waals surface area contributed by atoms with Crippen LogP contribution < -0.4 is 10.5 Å². The Bertz CT molecular complexity index is 717. The summed E-state index contributed by atoms with van der Waals surface area (Å²) in [5.41, 5.74) is 1.67. The highest BCUT2D eigenvalue weighted by Gasteiger charge is 2.12. The number of carbonyl (C=O) groups excluding carboxylic acids is 1. The van der Waals surface area contributed by atoms with Gasteiger partial charge in [-0.15, -0.1) is 0 Å². The zero-order valence-electron chi connectivity index (χ0n) is 13.2. The number of carbonyl (C=O) groups is 1. The number of ether oxygens (including phenoxy) is 1. The Labute approximate surface area is 136 Å². The SMILES string of the molecule is C.CCOC(=O)Cc1cc(=O)oc2cc(N(CC)CC)ccc12. The van der Waals surface area contributed by atoms with Gasteiger partial charge in [0.15, 0.2) is 0 Å². The lowest BCUT2D eigenvalue weighted by Gasteiger charge is -2.21. The number of esters is 1. The summed E-state index contributed by atoms with van der Waals surface area (Å²) in [6.45, 7) is 7.96. The summed E-state index contributed by atoms with van der Waals surface area (Å²) in [4.78, 5) is 25.6. The van der Waals surface area contributed by atoms with Crippen molar-refractivity contribution in [3.63, 3.8) is 0 Å². The summed E-state index contributed by atoms with van der Waals surface area (Å²) in [7, 11) is 0. The smallest absolute Gasteiger partial charge is 0.336 e. The van der Waals surface area contributed by atoms with E-state index in [1.807, 2.05) is 18.2 Å². The topological polar surface area (TPSA) is 59.8 Å². The molecule has 0 saturated heterocycles. The maximum absolute atomic E-state index is 11.7. The summed E-state index contributed by atoms with van der Waals surface area (Å²) < 4.78 is 10.2. The van der Waals surface area contributed by atoms with Crippen LogP contribution in [0.2, 0.25) is 0 Å². The van der Waals surface area contributed by atoms with E-state index in [1.165, 1.54) is 6.07 Å². The fourth-order valence-electron chi connectivity index (χ4n) is 2.52. The van der Waals surface area contributed by atoms with Gasteiger partial charge in [-0.2, -0.15) is 0 Å². The van der Waals surface area contributed by atoms with Crippen molar-refractivity contribution in [3.8, 4) is 0 Å². The van der Waals surface area contributed by atoms with Gasteiger partial charge in [0, 0.05) is 36.3 Å². The van der Waals surface area contributed by atoms with Gasteiger partial charge in [-0.1, -0.05) is 7.43 Å². The molecule has 2 rings (SSSR count). The molecule has 0 radical (unpaired) electrons. The van der Waals surface area contributed by atoms with Crippen molar-refractivity contribution >= 4 is 22.6 Å². The third-order valence-electron chi connectivity index (χ3n) is 3.58. The molecule has 0 fully saturated rings. The van der Waals surface area contributed by atoms with Crippen molar-refractivity contribution in [3.05, 3.63) is 40.2 Å². The molecule has 0 unspecified atom stereocenters. The normalized spacial score (nSPS) is 10.2. The number of nitrogens with zero attached hydrogens (tertiary/aromatic N) is 1. The molecular formula is C18H25NO4. The zero-order valence-corrected chi connectivity index (χ0v) is 13.2. The molecule has 5 nitrogen and oxygen atoms in total. The van der Waals surface area contributed by atoms with E-state index in [-0.39, 0.29) is 19.8 Å². The molecule has 0 atom stereocenters. The highest BCUT2D eigenvalue weighted by atomic mass is 16.5. The Hall–Kier alpha value is -2.30. The van der Waals surface area contributed by atoms with Crippen molar-refractivity contribution < 1.29 is 13.9 Å². The van der Waals surface area contributed by atoms with Crippen LogP contribution >= 0.6 is 0 Å². The minimum Gasteiger partial charge on any atom is -0.466 e. The number of hydrogen-bond donors (Lipinski definition) is 0. The third kappa shape index (κ3) is 4.34.